The van der Waals surface area contributed by atoms with Gasteiger partial charge in [-0.05, 0) is 56.7 Å². The minimum atomic E-state index is -0.685. The molecule has 0 saturated carbocycles. The molecule has 118 valence electrons. The molecule has 0 aliphatic carbocycles. The Morgan fingerprint density at radius 1 is 1.38 bits per heavy atom. The van der Waals surface area contributed by atoms with Gasteiger partial charge in [0, 0.05) is 25.3 Å². The summed E-state index contributed by atoms with van der Waals surface area (Å²) in [4.78, 5) is 0. The Hall–Kier alpha value is -0.970. The highest BCUT2D eigenvalue weighted by Gasteiger charge is 2.25. The van der Waals surface area contributed by atoms with Crippen LogP contribution < -0.4 is 5.32 Å². The summed E-state index contributed by atoms with van der Waals surface area (Å²) in [6, 6.07) is 6.15. The molecule has 0 bridgehead atoms. The topological polar surface area (TPSA) is 41.5 Å². The molecule has 0 unspecified atom stereocenters. The molecule has 1 atom stereocenters. The molecule has 21 heavy (non-hydrogen) atoms. The van der Waals surface area contributed by atoms with E-state index in [1.807, 2.05) is 0 Å². The molecule has 0 aromatic heterocycles. The Bertz CT molecular complexity index is 444. The predicted octanol–water partition coefficient (Wildman–Crippen LogP) is 3.04. The first-order chi connectivity index (χ1) is 9.96. The predicted molar refractivity (Wildman–Crippen MR) is 81.6 cm³/mol. The highest BCUT2D eigenvalue weighted by Crippen LogP contribution is 2.25. The minimum Gasteiger partial charge on any atom is -0.387 e. The lowest BCUT2D eigenvalue weighted by Gasteiger charge is -2.33. The van der Waals surface area contributed by atoms with E-state index in [0.717, 1.165) is 32.5 Å². The summed E-state index contributed by atoms with van der Waals surface area (Å²) >= 11 is 0. The number of aliphatic hydroxyl groups is 1. The van der Waals surface area contributed by atoms with Gasteiger partial charge < -0.3 is 15.2 Å². The van der Waals surface area contributed by atoms with Gasteiger partial charge in [0.15, 0.2) is 0 Å². The zero-order chi connectivity index (χ0) is 15.3. The maximum Gasteiger partial charge on any atom is 0.123 e. The van der Waals surface area contributed by atoms with Crippen molar-refractivity contribution in [3.05, 3.63) is 35.6 Å². The number of β-amino-alcohol motifs (C(OH)–C–C–N with tert-alkyl or cyclic N) is 1. The summed E-state index contributed by atoms with van der Waals surface area (Å²) < 4.78 is 18.6. The Balaban J connectivity index is 1.82. The fourth-order valence-electron chi connectivity index (χ4n) is 2.95. The fourth-order valence-corrected chi connectivity index (χ4v) is 2.95. The van der Waals surface area contributed by atoms with Gasteiger partial charge in [-0.25, -0.2) is 4.39 Å². The van der Waals surface area contributed by atoms with Gasteiger partial charge in [-0.2, -0.15) is 0 Å². The van der Waals surface area contributed by atoms with Crippen molar-refractivity contribution in [2.45, 2.75) is 44.8 Å². The highest BCUT2D eigenvalue weighted by molar-refractivity contribution is 5.19. The van der Waals surface area contributed by atoms with Crippen molar-refractivity contribution < 1.29 is 14.2 Å². The van der Waals surface area contributed by atoms with Gasteiger partial charge in [-0.1, -0.05) is 12.1 Å². The smallest absolute Gasteiger partial charge is 0.123 e. The monoisotopic (exact) mass is 295 g/mol. The van der Waals surface area contributed by atoms with E-state index < -0.39 is 6.10 Å². The van der Waals surface area contributed by atoms with Crippen LogP contribution in [0.15, 0.2) is 24.3 Å². The second-order valence-corrected chi connectivity index (χ2v) is 6.60. The highest BCUT2D eigenvalue weighted by atomic mass is 19.1. The quantitative estimate of drug-likeness (QED) is 0.847. The number of halogens is 1. The van der Waals surface area contributed by atoms with Crippen LogP contribution in [0.5, 0.6) is 0 Å². The van der Waals surface area contributed by atoms with Crippen LogP contribution in [0.3, 0.4) is 0 Å². The SMILES string of the molecule is CC(C)(CC1CCOCC1)NC[C@H](O)c1cccc(F)c1. The van der Waals surface area contributed by atoms with Gasteiger partial charge in [0.1, 0.15) is 5.82 Å². The van der Waals surface area contributed by atoms with Gasteiger partial charge >= 0.3 is 0 Å². The zero-order valence-corrected chi connectivity index (χ0v) is 12.9. The summed E-state index contributed by atoms with van der Waals surface area (Å²) in [7, 11) is 0. The third-order valence-electron chi connectivity index (χ3n) is 4.15. The molecule has 2 N–H and O–H groups in total. The average Bonchev–Trinajstić information content (AvgIpc) is 2.45. The Kier molecular flexibility index (Phi) is 5.73. The maximum atomic E-state index is 13.2. The van der Waals surface area contributed by atoms with Gasteiger partial charge in [-0.15, -0.1) is 0 Å². The van der Waals surface area contributed by atoms with Crippen molar-refractivity contribution in [1.82, 2.24) is 5.32 Å². The molecule has 3 nitrogen and oxygen atoms in total. The molecule has 0 spiro atoms. The summed E-state index contributed by atoms with van der Waals surface area (Å²) in [5, 5.41) is 13.6. The molecular weight excluding hydrogens is 269 g/mol. The van der Waals surface area contributed by atoms with Crippen LogP contribution in [0, 0.1) is 11.7 Å². The standard InChI is InChI=1S/C17H26FNO2/c1-17(2,11-13-6-8-21-9-7-13)19-12-16(20)14-4-3-5-15(18)10-14/h3-5,10,13,16,19-20H,6-9,11-12H2,1-2H3/t16-/m0/s1. The van der Waals surface area contributed by atoms with Gasteiger partial charge in [0.25, 0.3) is 0 Å². The van der Waals surface area contributed by atoms with Crippen molar-refractivity contribution in [1.29, 1.82) is 0 Å². The maximum absolute atomic E-state index is 13.2. The molecule has 1 aliphatic rings. The van der Waals surface area contributed by atoms with Crippen LogP contribution in [0.25, 0.3) is 0 Å². The zero-order valence-electron chi connectivity index (χ0n) is 12.9. The number of hydrogen-bond donors (Lipinski definition) is 2. The Morgan fingerprint density at radius 3 is 2.76 bits per heavy atom. The molecule has 1 aromatic rings. The van der Waals surface area contributed by atoms with Crippen molar-refractivity contribution in [2.24, 2.45) is 5.92 Å². The first kappa shape index (κ1) is 16.4. The van der Waals surface area contributed by atoms with E-state index in [9.17, 15) is 9.50 Å². The molecule has 0 radical (unpaired) electrons. The van der Waals surface area contributed by atoms with E-state index in [4.69, 9.17) is 4.74 Å². The molecule has 1 saturated heterocycles. The second kappa shape index (κ2) is 7.34. The first-order valence-electron chi connectivity index (χ1n) is 7.72. The largest absolute Gasteiger partial charge is 0.387 e. The number of benzene rings is 1. The van der Waals surface area contributed by atoms with E-state index in [2.05, 4.69) is 19.2 Å². The lowest BCUT2D eigenvalue weighted by Crippen LogP contribution is -2.43. The third-order valence-corrected chi connectivity index (χ3v) is 4.15. The van der Waals surface area contributed by atoms with E-state index >= 15 is 0 Å². The number of aliphatic hydroxyl groups excluding tert-OH is 1. The van der Waals surface area contributed by atoms with E-state index in [-0.39, 0.29) is 11.4 Å². The van der Waals surface area contributed by atoms with Crippen LogP contribution in [-0.4, -0.2) is 30.4 Å². The molecule has 1 fully saturated rings. The summed E-state index contributed by atoms with van der Waals surface area (Å²) in [6.45, 7) is 6.44. The van der Waals surface area contributed by atoms with E-state index in [1.165, 1.54) is 12.1 Å². The van der Waals surface area contributed by atoms with Crippen LogP contribution in [0.4, 0.5) is 4.39 Å². The summed E-state index contributed by atoms with van der Waals surface area (Å²) in [5.41, 5.74) is 0.570. The van der Waals surface area contributed by atoms with Crippen LogP contribution in [0.1, 0.15) is 44.8 Å². The number of hydrogen-bond acceptors (Lipinski definition) is 3. The van der Waals surface area contributed by atoms with Crippen molar-refractivity contribution in [2.75, 3.05) is 19.8 Å². The van der Waals surface area contributed by atoms with Crippen LogP contribution >= 0.6 is 0 Å². The molecule has 1 heterocycles. The summed E-state index contributed by atoms with van der Waals surface area (Å²) in [6.07, 6.45) is 2.59. The number of ether oxygens (including phenoxy) is 1. The van der Waals surface area contributed by atoms with Crippen molar-refractivity contribution >= 4 is 0 Å². The lowest BCUT2D eigenvalue weighted by molar-refractivity contribution is 0.0541. The summed E-state index contributed by atoms with van der Waals surface area (Å²) in [5.74, 6) is 0.362. The molecule has 1 aliphatic heterocycles. The van der Waals surface area contributed by atoms with Crippen molar-refractivity contribution in [3.63, 3.8) is 0 Å². The van der Waals surface area contributed by atoms with Gasteiger partial charge in [0.2, 0.25) is 0 Å². The molecular formula is C17H26FNO2. The molecule has 4 heteroatoms. The first-order valence-corrected chi connectivity index (χ1v) is 7.72. The van der Waals surface area contributed by atoms with Crippen molar-refractivity contribution in [3.8, 4) is 0 Å². The normalized spacial score (nSPS) is 18.7. The third kappa shape index (κ3) is 5.38. The molecule has 2 rings (SSSR count). The van der Waals surface area contributed by atoms with E-state index in [1.54, 1.807) is 12.1 Å². The molecule has 1 aromatic carbocycles. The lowest BCUT2D eigenvalue weighted by atomic mass is 9.85. The van der Waals surface area contributed by atoms with Gasteiger partial charge in [-0.3, -0.25) is 0 Å². The van der Waals surface area contributed by atoms with Gasteiger partial charge in [0.05, 0.1) is 6.10 Å². The number of nitrogens with one attached hydrogen (secondary N) is 1. The minimum absolute atomic E-state index is 0.0453. The Morgan fingerprint density at radius 2 is 2.10 bits per heavy atom. The second-order valence-electron chi connectivity index (χ2n) is 6.60. The Labute approximate surface area is 126 Å². The average molecular weight is 295 g/mol. The molecule has 0 amide bonds. The number of rotatable bonds is 6. The van der Waals surface area contributed by atoms with E-state index in [0.29, 0.717) is 18.0 Å². The fraction of sp³-hybridized carbons (Fsp3) is 0.647. The van der Waals surface area contributed by atoms with Crippen LogP contribution in [-0.2, 0) is 4.74 Å². The van der Waals surface area contributed by atoms with Crippen LogP contribution in [0.2, 0.25) is 0 Å².